The van der Waals surface area contributed by atoms with Gasteiger partial charge in [-0.2, -0.15) is 0 Å². The van der Waals surface area contributed by atoms with Crippen LogP contribution in [0.25, 0.3) is 0 Å². The standard InChI is InChI=1S/C15H21NO3/c1-11-5-3-4-6-13(11)16-14(15(17)18-2)12-7-9-19-10-8-12/h3-6,12,14,16H,7-10H2,1-2H3. The topological polar surface area (TPSA) is 47.6 Å². The maximum atomic E-state index is 12.0. The summed E-state index contributed by atoms with van der Waals surface area (Å²) in [6.45, 7) is 3.46. The zero-order valence-electron chi connectivity index (χ0n) is 11.5. The number of hydrogen-bond acceptors (Lipinski definition) is 4. The van der Waals surface area contributed by atoms with E-state index in [4.69, 9.17) is 9.47 Å². The van der Waals surface area contributed by atoms with Gasteiger partial charge in [-0.3, -0.25) is 0 Å². The molecule has 4 heteroatoms. The van der Waals surface area contributed by atoms with Crippen LogP contribution >= 0.6 is 0 Å². The molecule has 1 aromatic carbocycles. The van der Waals surface area contributed by atoms with Gasteiger partial charge in [0.2, 0.25) is 0 Å². The molecule has 19 heavy (non-hydrogen) atoms. The van der Waals surface area contributed by atoms with Gasteiger partial charge in [-0.25, -0.2) is 4.79 Å². The fourth-order valence-corrected chi connectivity index (χ4v) is 2.45. The molecule has 1 aromatic rings. The summed E-state index contributed by atoms with van der Waals surface area (Å²) in [7, 11) is 1.44. The Bertz CT molecular complexity index is 427. The first-order chi connectivity index (χ1) is 9.22. The van der Waals surface area contributed by atoms with Crippen LogP contribution in [0.4, 0.5) is 5.69 Å². The van der Waals surface area contributed by atoms with Gasteiger partial charge in [0.05, 0.1) is 7.11 Å². The number of esters is 1. The number of carbonyl (C=O) groups excluding carboxylic acids is 1. The summed E-state index contributed by atoms with van der Waals surface area (Å²) in [5, 5.41) is 3.34. The Morgan fingerprint density at radius 3 is 2.68 bits per heavy atom. The molecule has 1 unspecified atom stereocenters. The second kappa shape index (κ2) is 6.57. The van der Waals surface area contributed by atoms with E-state index in [2.05, 4.69) is 5.32 Å². The third kappa shape index (κ3) is 3.47. The molecule has 0 aliphatic carbocycles. The molecule has 1 fully saturated rings. The molecule has 0 spiro atoms. The Hall–Kier alpha value is -1.55. The van der Waals surface area contributed by atoms with E-state index in [1.54, 1.807) is 0 Å². The molecule has 2 rings (SSSR count). The highest BCUT2D eigenvalue weighted by Crippen LogP contribution is 2.24. The second-order valence-corrected chi connectivity index (χ2v) is 4.91. The van der Waals surface area contributed by atoms with E-state index in [1.807, 2.05) is 31.2 Å². The SMILES string of the molecule is COC(=O)C(Nc1ccccc1C)C1CCOCC1. The summed E-state index contributed by atoms with van der Waals surface area (Å²) < 4.78 is 10.3. The number of rotatable bonds is 4. The van der Waals surface area contributed by atoms with E-state index in [0.717, 1.165) is 24.1 Å². The van der Waals surface area contributed by atoms with Crippen LogP contribution in [0.1, 0.15) is 18.4 Å². The number of methoxy groups -OCH3 is 1. The molecule has 0 saturated carbocycles. The monoisotopic (exact) mass is 263 g/mol. The van der Waals surface area contributed by atoms with Gasteiger partial charge in [0.1, 0.15) is 6.04 Å². The van der Waals surface area contributed by atoms with Gasteiger partial charge in [0.25, 0.3) is 0 Å². The van der Waals surface area contributed by atoms with Gasteiger partial charge in [-0.1, -0.05) is 18.2 Å². The lowest BCUT2D eigenvalue weighted by molar-refractivity contribution is -0.143. The zero-order chi connectivity index (χ0) is 13.7. The first-order valence-corrected chi connectivity index (χ1v) is 6.70. The van der Waals surface area contributed by atoms with Crippen molar-refractivity contribution >= 4 is 11.7 Å². The molecule has 0 radical (unpaired) electrons. The van der Waals surface area contributed by atoms with Crippen molar-refractivity contribution in [3.63, 3.8) is 0 Å². The molecule has 1 atom stereocenters. The van der Waals surface area contributed by atoms with Gasteiger partial charge in [-0.15, -0.1) is 0 Å². The van der Waals surface area contributed by atoms with E-state index in [1.165, 1.54) is 7.11 Å². The lowest BCUT2D eigenvalue weighted by Gasteiger charge is -2.30. The number of nitrogens with one attached hydrogen (secondary N) is 1. The highest BCUT2D eigenvalue weighted by atomic mass is 16.5. The van der Waals surface area contributed by atoms with E-state index in [-0.39, 0.29) is 17.9 Å². The number of aryl methyl sites for hydroxylation is 1. The maximum Gasteiger partial charge on any atom is 0.328 e. The van der Waals surface area contributed by atoms with Crippen LogP contribution in [-0.2, 0) is 14.3 Å². The Labute approximate surface area is 114 Å². The minimum absolute atomic E-state index is 0.199. The molecule has 1 heterocycles. The molecular weight excluding hydrogens is 242 g/mol. The predicted octanol–water partition coefficient (Wildman–Crippen LogP) is 2.38. The van der Waals surface area contributed by atoms with Crippen molar-refractivity contribution in [2.45, 2.75) is 25.8 Å². The van der Waals surface area contributed by atoms with Crippen LogP contribution < -0.4 is 5.32 Å². The summed E-state index contributed by atoms with van der Waals surface area (Å²) in [5.74, 6) is 0.0657. The lowest BCUT2D eigenvalue weighted by atomic mass is 9.91. The van der Waals surface area contributed by atoms with Crippen LogP contribution in [0, 0.1) is 12.8 Å². The Balaban J connectivity index is 2.13. The quantitative estimate of drug-likeness (QED) is 0.847. The summed E-state index contributed by atoms with van der Waals surface area (Å²) in [4.78, 5) is 12.0. The minimum Gasteiger partial charge on any atom is -0.467 e. The highest BCUT2D eigenvalue weighted by molar-refractivity contribution is 5.80. The average molecular weight is 263 g/mol. The highest BCUT2D eigenvalue weighted by Gasteiger charge is 2.30. The Morgan fingerprint density at radius 2 is 2.05 bits per heavy atom. The van der Waals surface area contributed by atoms with Gasteiger partial charge in [0, 0.05) is 18.9 Å². The van der Waals surface area contributed by atoms with Crippen LogP contribution in [0.3, 0.4) is 0 Å². The number of carbonyl (C=O) groups is 1. The van der Waals surface area contributed by atoms with Gasteiger partial charge >= 0.3 is 5.97 Å². The van der Waals surface area contributed by atoms with Crippen molar-refractivity contribution in [1.82, 2.24) is 0 Å². The fourth-order valence-electron chi connectivity index (χ4n) is 2.45. The van der Waals surface area contributed by atoms with Crippen molar-refractivity contribution in [2.75, 3.05) is 25.6 Å². The van der Waals surface area contributed by atoms with Crippen molar-refractivity contribution < 1.29 is 14.3 Å². The van der Waals surface area contributed by atoms with Crippen molar-refractivity contribution in [3.8, 4) is 0 Å². The van der Waals surface area contributed by atoms with Gasteiger partial charge in [-0.05, 0) is 37.3 Å². The van der Waals surface area contributed by atoms with Crippen LogP contribution in [0.2, 0.25) is 0 Å². The zero-order valence-corrected chi connectivity index (χ0v) is 11.5. The molecule has 0 aromatic heterocycles. The first kappa shape index (κ1) is 13.9. The molecule has 1 saturated heterocycles. The molecule has 1 aliphatic heterocycles. The van der Waals surface area contributed by atoms with Crippen LogP contribution in [-0.4, -0.2) is 32.3 Å². The fraction of sp³-hybridized carbons (Fsp3) is 0.533. The average Bonchev–Trinajstić information content (AvgIpc) is 2.46. The number of anilines is 1. The van der Waals surface area contributed by atoms with Gasteiger partial charge < -0.3 is 14.8 Å². The van der Waals surface area contributed by atoms with E-state index in [9.17, 15) is 4.79 Å². The van der Waals surface area contributed by atoms with Crippen molar-refractivity contribution in [2.24, 2.45) is 5.92 Å². The molecular formula is C15H21NO3. The maximum absolute atomic E-state index is 12.0. The normalized spacial score (nSPS) is 17.8. The molecule has 4 nitrogen and oxygen atoms in total. The number of ether oxygens (including phenoxy) is 2. The van der Waals surface area contributed by atoms with E-state index < -0.39 is 0 Å². The largest absolute Gasteiger partial charge is 0.467 e. The van der Waals surface area contributed by atoms with Crippen molar-refractivity contribution in [3.05, 3.63) is 29.8 Å². The molecule has 0 bridgehead atoms. The Morgan fingerprint density at radius 1 is 1.37 bits per heavy atom. The number of benzene rings is 1. The number of para-hydroxylation sites is 1. The third-order valence-corrected chi connectivity index (χ3v) is 3.65. The summed E-state index contributed by atoms with van der Waals surface area (Å²) in [6, 6.07) is 7.68. The molecule has 0 amide bonds. The van der Waals surface area contributed by atoms with Crippen LogP contribution in [0.5, 0.6) is 0 Å². The molecule has 104 valence electrons. The minimum atomic E-state index is -0.296. The summed E-state index contributed by atoms with van der Waals surface area (Å²) >= 11 is 0. The second-order valence-electron chi connectivity index (χ2n) is 4.91. The lowest BCUT2D eigenvalue weighted by Crippen LogP contribution is -2.40. The third-order valence-electron chi connectivity index (χ3n) is 3.65. The smallest absolute Gasteiger partial charge is 0.328 e. The Kier molecular flexibility index (Phi) is 4.80. The van der Waals surface area contributed by atoms with Crippen LogP contribution in [0.15, 0.2) is 24.3 Å². The first-order valence-electron chi connectivity index (χ1n) is 6.70. The summed E-state index contributed by atoms with van der Waals surface area (Å²) in [5.41, 5.74) is 2.12. The number of hydrogen-bond donors (Lipinski definition) is 1. The molecule has 1 aliphatic rings. The molecule has 1 N–H and O–H groups in total. The van der Waals surface area contributed by atoms with Crippen molar-refractivity contribution in [1.29, 1.82) is 0 Å². The van der Waals surface area contributed by atoms with E-state index in [0.29, 0.717) is 13.2 Å². The van der Waals surface area contributed by atoms with E-state index >= 15 is 0 Å². The van der Waals surface area contributed by atoms with Gasteiger partial charge in [0.15, 0.2) is 0 Å². The predicted molar refractivity (Wildman–Crippen MR) is 74.1 cm³/mol. The summed E-state index contributed by atoms with van der Waals surface area (Å²) in [6.07, 6.45) is 1.78.